The maximum absolute atomic E-state index is 8.09. The molecule has 1 heterocycles. The number of ether oxygens (including phenoxy) is 1. The smallest absolute Gasteiger partial charge is 0.497 e. The van der Waals surface area contributed by atoms with Crippen LogP contribution in [0.25, 0.3) is 5.32 Å². The number of hydrogen-bond acceptors (Lipinski definition) is 4. The minimum atomic E-state index is 0. The summed E-state index contributed by atoms with van der Waals surface area (Å²) < 4.78 is 5.17. The molecular weight excluding hydrogens is 327 g/mol. The van der Waals surface area contributed by atoms with Gasteiger partial charge >= 0.3 is 51.4 Å². The second-order valence-corrected chi connectivity index (χ2v) is 5.85. The molecule has 24 heavy (non-hydrogen) atoms. The molecule has 0 spiro atoms. The molecule has 1 fully saturated rings. The Morgan fingerprint density at radius 2 is 2.08 bits per heavy atom. The summed E-state index contributed by atoms with van der Waals surface area (Å²) in [6, 6.07) is 7.41. The summed E-state index contributed by atoms with van der Waals surface area (Å²) in [6.07, 6.45) is 6.62. The minimum Gasteiger partial charge on any atom is -0.497 e. The summed E-state index contributed by atoms with van der Waals surface area (Å²) in [6.45, 7) is 4.23. The van der Waals surface area contributed by atoms with Crippen LogP contribution in [0, 0.1) is 5.41 Å². The van der Waals surface area contributed by atoms with Crippen LogP contribution in [0.4, 0.5) is 0 Å². The van der Waals surface area contributed by atoms with Gasteiger partial charge in [-0.3, -0.25) is 0 Å². The number of allylic oxidation sites excluding steroid dienone is 1. The third-order valence-electron chi connectivity index (χ3n) is 4.05. The number of nitrogens with zero attached hydrogens (tertiary/aromatic N) is 2. The number of nitrogens with two attached hydrogens (primary N) is 1. The third-order valence-corrected chi connectivity index (χ3v) is 4.05. The molecule has 1 aliphatic heterocycles. The SMILES string of the molecule is COc1cccc(C(=N)/C=C(\N)[N-]CCCN2CCCCC2)c1.[K+]. The van der Waals surface area contributed by atoms with Gasteiger partial charge in [-0.15, -0.1) is 0 Å². The molecule has 2 rings (SSSR count). The van der Waals surface area contributed by atoms with Crippen molar-refractivity contribution in [2.24, 2.45) is 5.73 Å². The zero-order chi connectivity index (χ0) is 16.5. The van der Waals surface area contributed by atoms with Gasteiger partial charge in [0.2, 0.25) is 0 Å². The summed E-state index contributed by atoms with van der Waals surface area (Å²) in [5.74, 6) is 1.15. The number of hydrogen-bond donors (Lipinski definition) is 2. The van der Waals surface area contributed by atoms with E-state index < -0.39 is 0 Å². The first-order chi connectivity index (χ1) is 11.2. The largest absolute Gasteiger partial charge is 1.00 e. The molecule has 0 amide bonds. The number of nitrogens with one attached hydrogen (secondary N) is 1. The average molecular weight is 355 g/mol. The predicted octanol–water partition coefficient (Wildman–Crippen LogP) is 0.117. The van der Waals surface area contributed by atoms with Gasteiger partial charge in [0, 0.05) is 5.56 Å². The van der Waals surface area contributed by atoms with E-state index in [4.69, 9.17) is 15.9 Å². The zero-order valence-corrected chi connectivity index (χ0v) is 18.0. The van der Waals surface area contributed by atoms with Crippen LogP contribution in [0.2, 0.25) is 0 Å². The summed E-state index contributed by atoms with van der Waals surface area (Å²) in [4.78, 5) is 2.50. The Morgan fingerprint density at radius 1 is 1.33 bits per heavy atom. The first-order valence-corrected chi connectivity index (χ1v) is 8.29. The van der Waals surface area contributed by atoms with Crippen LogP contribution in [0.1, 0.15) is 31.2 Å². The number of benzene rings is 1. The van der Waals surface area contributed by atoms with E-state index in [9.17, 15) is 0 Å². The molecule has 0 atom stereocenters. The fourth-order valence-electron chi connectivity index (χ4n) is 2.75. The predicted molar refractivity (Wildman–Crippen MR) is 95.2 cm³/mol. The second-order valence-electron chi connectivity index (χ2n) is 5.85. The van der Waals surface area contributed by atoms with E-state index in [1.54, 1.807) is 13.2 Å². The number of piperidine rings is 1. The van der Waals surface area contributed by atoms with Gasteiger partial charge in [-0.05, 0) is 63.7 Å². The van der Waals surface area contributed by atoms with Gasteiger partial charge in [0.1, 0.15) is 5.75 Å². The van der Waals surface area contributed by atoms with Crippen LogP contribution in [0.5, 0.6) is 5.75 Å². The molecule has 0 aromatic heterocycles. The number of likely N-dealkylation sites (tertiary alicyclic amines) is 1. The van der Waals surface area contributed by atoms with E-state index in [0.717, 1.165) is 24.3 Å². The normalized spacial score (nSPS) is 15.5. The van der Waals surface area contributed by atoms with Crippen molar-refractivity contribution in [1.82, 2.24) is 4.90 Å². The molecule has 1 aromatic carbocycles. The van der Waals surface area contributed by atoms with Crippen molar-refractivity contribution in [1.29, 1.82) is 5.41 Å². The van der Waals surface area contributed by atoms with Crippen molar-refractivity contribution in [2.75, 3.05) is 33.3 Å². The number of methoxy groups -OCH3 is 1. The summed E-state index contributed by atoms with van der Waals surface area (Å²) in [5.41, 5.74) is 7.03. The Balaban J connectivity index is 0.00000288. The molecule has 6 heteroatoms. The van der Waals surface area contributed by atoms with E-state index in [-0.39, 0.29) is 51.4 Å². The standard InChI is InChI=1S/C18H27N4O.K/c1-23-16-8-5-7-15(13-16)17(19)14-18(20)21-9-6-12-22-10-3-2-4-11-22;/h5,7-8,13-14,19H,2-4,6,9-12,20H2,1H3;/q-1;+1/b18-14+,19-17?;. The maximum atomic E-state index is 8.09. The molecule has 1 saturated heterocycles. The Bertz CT molecular complexity index is 542. The zero-order valence-electron chi connectivity index (χ0n) is 14.9. The molecule has 0 bridgehead atoms. The van der Waals surface area contributed by atoms with Gasteiger partial charge in [0.05, 0.1) is 12.8 Å². The quantitative estimate of drug-likeness (QED) is 0.395. The van der Waals surface area contributed by atoms with Gasteiger partial charge in [0.15, 0.2) is 0 Å². The third kappa shape index (κ3) is 7.67. The van der Waals surface area contributed by atoms with Crippen molar-refractivity contribution >= 4 is 5.71 Å². The Hall–Kier alpha value is -0.374. The molecular formula is C18H27KN4O. The van der Waals surface area contributed by atoms with Crippen molar-refractivity contribution in [2.45, 2.75) is 25.7 Å². The van der Waals surface area contributed by atoms with Gasteiger partial charge in [-0.2, -0.15) is 0 Å². The molecule has 0 unspecified atom stereocenters. The van der Waals surface area contributed by atoms with Crippen LogP contribution in [-0.4, -0.2) is 43.9 Å². The molecule has 1 aromatic rings. The van der Waals surface area contributed by atoms with E-state index in [2.05, 4.69) is 10.2 Å². The minimum absolute atomic E-state index is 0. The molecule has 126 valence electrons. The van der Waals surface area contributed by atoms with E-state index in [1.807, 2.05) is 24.3 Å². The van der Waals surface area contributed by atoms with Crippen LogP contribution in [0.15, 0.2) is 36.2 Å². The van der Waals surface area contributed by atoms with Crippen LogP contribution in [0.3, 0.4) is 0 Å². The van der Waals surface area contributed by atoms with E-state index in [1.165, 1.54) is 32.4 Å². The Morgan fingerprint density at radius 3 is 2.79 bits per heavy atom. The summed E-state index contributed by atoms with van der Waals surface area (Å²) >= 11 is 0. The van der Waals surface area contributed by atoms with E-state index >= 15 is 0 Å². The molecule has 0 radical (unpaired) electrons. The van der Waals surface area contributed by atoms with Gasteiger partial charge in [0.25, 0.3) is 0 Å². The molecule has 5 nitrogen and oxygen atoms in total. The fourth-order valence-corrected chi connectivity index (χ4v) is 2.75. The first kappa shape index (κ1) is 21.7. The van der Waals surface area contributed by atoms with Crippen molar-refractivity contribution < 1.29 is 56.1 Å². The van der Waals surface area contributed by atoms with Crippen LogP contribution < -0.4 is 61.9 Å². The average Bonchev–Trinajstić information content (AvgIpc) is 2.59. The monoisotopic (exact) mass is 354 g/mol. The molecule has 1 aliphatic rings. The van der Waals surface area contributed by atoms with Crippen molar-refractivity contribution in [3.05, 3.63) is 47.0 Å². The molecule has 3 N–H and O–H groups in total. The van der Waals surface area contributed by atoms with Gasteiger partial charge in [-0.25, -0.2) is 0 Å². The second kappa shape index (κ2) is 12.1. The topological polar surface area (TPSA) is 76.4 Å². The maximum Gasteiger partial charge on any atom is 1.00 e. The van der Waals surface area contributed by atoms with Gasteiger partial charge < -0.3 is 26.1 Å². The molecule has 0 saturated carbocycles. The van der Waals surface area contributed by atoms with Crippen LogP contribution >= 0.6 is 0 Å². The Kier molecular flexibility index (Phi) is 10.9. The van der Waals surface area contributed by atoms with Crippen LogP contribution in [-0.2, 0) is 0 Å². The first-order valence-electron chi connectivity index (χ1n) is 8.29. The van der Waals surface area contributed by atoms with Crippen molar-refractivity contribution in [3.8, 4) is 5.75 Å². The van der Waals surface area contributed by atoms with E-state index in [0.29, 0.717) is 18.1 Å². The summed E-state index contributed by atoms with van der Waals surface area (Å²) in [7, 11) is 1.62. The Labute approximate surface area is 187 Å². The fraction of sp³-hybridized carbons (Fsp3) is 0.500. The number of rotatable bonds is 8. The molecule has 0 aliphatic carbocycles. The van der Waals surface area contributed by atoms with Gasteiger partial charge in [-0.1, -0.05) is 24.4 Å². The summed E-state index contributed by atoms with van der Waals surface area (Å²) in [5, 5.41) is 12.4. The van der Waals surface area contributed by atoms with Crippen molar-refractivity contribution in [3.63, 3.8) is 0 Å².